The fraction of sp³-hybridized carbons (Fsp3) is 0.235. The summed E-state index contributed by atoms with van der Waals surface area (Å²) in [5, 5.41) is 3.14. The minimum Gasteiger partial charge on any atom is -0.352 e. The van der Waals surface area contributed by atoms with Crippen LogP contribution in [0.15, 0.2) is 41.2 Å². The van der Waals surface area contributed by atoms with Crippen molar-refractivity contribution >= 4 is 23.4 Å². The highest BCUT2D eigenvalue weighted by Gasteiger charge is 2.36. The molecule has 1 saturated heterocycles. The maximum atomic E-state index is 12.9. The highest BCUT2D eigenvalue weighted by Crippen LogP contribution is 2.30. The molecule has 1 aliphatic heterocycles. The van der Waals surface area contributed by atoms with E-state index >= 15 is 0 Å². The molecule has 2 aromatic rings. The summed E-state index contributed by atoms with van der Waals surface area (Å²) in [6, 6.07) is 9.15. The zero-order valence-electron chi connectivity index (χ0n) is 13.0. The summed E-state index contributed by atoms with van der Waals surface area (Å²) < 4.78 is 0. The van der Waals surface area contributed by atoms with E-state index in [-0.39, 0.29) is 11.5 Å². The number of aromatic amines is 1. The topological polar surface area (TPSA) is 82.3 Å². The predicted molar refractivity (Wildman–Crippen MR) is 90.0 cm³/mol. The van der Waals surface area contributed by atoms with Crippen LogP contribution in [0.25, 0.3) is 0 Å². The number of carbonyl (C=O) groups is 2. The van der Waals surface area contributed by atoms with E-state index < -0.39 is 17.5 Å². The summed E-state index contributed by atoms with van der Waals surface area (Å²) in [4.78, 5) is 41.3. The van der Waals surface area contributed by atoms with Gasteiger partial charge in [-0.25, -0.2) is 0 Å². The molecule has 7 heteroatoms. The van der Waals surface area contributed by atoms with Crippen molar-refractivity contribution in [3.8, 4) is 0 Å². The second kappa shape index (κ2) is 6.49. The van der Waals surface area contributed by atoms with Crippen molar-refractivity contribution in [2.24, 2.45) is 0 Å². The molecular weight excluding hydrogens is 330 g/mol. The molecular formula is C17H16ClN3O3. The van der Waals surface area contributed by atoms with Crippen LogP contribution in [0.3, 0.4) is 0 Å². The molecule has 2 amide bonds. The fourth-order valence-corrected chi connectivity index (χ4v) is 3.03. The number of piperazine rings is 1. The first-order valence-corrected chi connectivity index (χ1v) is 7.90. The number of rotatable bonds is 2. The zero-order chi connectivity index (χ0) is 17.3. The molecule has 24 heavy (non-hydrogen) atoms. The summed E-state index contributed by atoms with van der Waals surface area (Å²) in [7, 11) is 0. The Bertz CT molecular complexity index is 862. The molecule has 1 aromatic carbocycles. The number of aromatic nitrogens is 1. The molecule has 124 valence electrons. The molecule has 1 fully saturated rings. The van der Waals surface area contributed by atoms with Crippen LogP contribution in [0.5, 0.6) is 0 Å². The first-order chi connectivity index (χ1) is 11.5. The normalized spacial score (nSPS) is 17.5. The number of aryl methyl sites for hydroxylation is 1. The lowest BCUT2D eigenvalue weighted by molar-refractivity contribution is -0.128. The summed E-state index contributed by atoms with van der Waals surface area (Å²) in [6.07, 6.45) is 0. The number of nitrogens with zero attached hydrogens (tertiary/aromatic N) is 1. The van der Waals surface area contributed by atoms with E-state index in [9.17, 15) is 14.4 Å². The third-order valence-electron chi connectivity index (χ3n) is 3.96. The lowest BCUT2D eigenvalue weighted by Gasteiger charge is -2.35. The molecule has 2 N–H and O–H groups in total. The van der Waals surface area contributed by atoms with Crippen LogP contribution >= 0.6 is 11.6 Å². The maximum Gasteiger partial charge on any atom is 0.260 e. The number of carbonyl (C=O) groups excluding carboxylic acids is 2. The van der Waals surface area contributed by atoms with Gasteiger partial charge in [0.2, 0.25) is 5.91 Å². The lowest BCUT2D eigenvalue weighted by atomic mass is 10.0. The second-order valence-corrected chi connectivity index (χ2v) is 6.00. The fourth-order valence-electron chi connectivity index (χ4n) is 2.79. The number of hydrogen-bond donors (Lipinski definition) is 2. The van der Waals surface area contributed by atoms with Crippen molar-refractivity contribution in [3.63, 3.8) is 0 Å². The van der Waals surface area contributed by atoms with E-state index in [0.29, 0.717) is 29.4 Å². The Balaban J connectivity index is 2.03. The summed E-state index contributed by atoms with van der Waals surface area (Å²) in [5.41, 5.74) is 0.736. The number of hydrogen-bond acceptors (Lipinski definition) is 3. The number of benzene rings is 1. The molecule has 0 aliphatic carbocycles. The Kier molecular flexibility index (Phi) is 4.40. The van der Waals surface area contributed by atoms with E-state index in [2.05, 4.69) is 10.3 Å². The van der Waals surface area contributed by atoms with Crippen LogP contribution in [0, 0.1) is 6.92 Å². The lowest BCUT2D eigenvalue weighted by Crippen LogP contribution is -2.53. The Morgan fingerprint density at radius 2 is 1.96 bits per heavy atom. The van der Waals surface area contributed by atoms with Crippen molar-refractivity contribution in [3.05, 3.63) is 68.6 Å². The van der Waals surface area contributed by atoms with Gasteiger partial charge in [-0.2, -0.15) is 0 Å². The highest BCUT2D eigenvalue weighted by molar-refractivity contribution is 6.31. The van der Waals surface area contributed by atoms with Crippen molar-refractivity contribution in [2.45, 2.75) is 13.0 Å². The van der Waals surface area contributed by atoms with Gasteiger partial charge in [-0.1, -0.05) is 29.8 Å². The van der Waals surface area contributed by atoms with Gasteiger partial charge in [0.15, 0.2) is 0 Å². The standard InChI is InChI=1S/C17H16ClN3O3/c1-10-6-7-12(15(22)20-10)17(24)21-9-8-19-16(23)14(21)11-4-2-3-5-13(11)18/h2-7,14H,8-9H2,1H3,(H,19,23)(H,20,22). The average Bonchev–Trinajstić information content (AvgIpc) is 2.55. The van der Waals surface area contributed by atoms with E-state index in [1.165, 1.54) is 11.0 Å². The molecule has 1 aromatic heterocycles. The molecule has 0 saturated carbocycles. The Hall–Kier alpha value is -2.60. The Morgan fingerprint density at radius 1 is 1.21 bits per heavy atom. The van der Waals surface area contributed by atoms with E-state index in [0.717, 1.165) is 0 Å². The number of H-pyrrole nitrogens is 1. The van der Waals surface area contributed by atoms with Gasteiger partial charge in [0.1, 0.15) is 11.6 Å². The van der Waals surface area contributed by atoms with Gasteiger partial charge in [-0.15, -0.1) is 0 Å². The van der Waals surface area contributed by atoms with Crippen LogP contribution in [-0.2, 0) is 4.79 Å². The van der Waals surface area contributed by atoms with Crippen LogP contribution in [0.4, 0.5) is 0 Å². The molecule has 3 rings (SSSR count). The second-order valence-electron chi connectivity index (χ2n) is 5.60. The van der Waals surface area contributed by atoms with Gasteiger partial charge in [0, 0.05) is 29.4 Å². The number of amides is 2. The van der Waals surface area contributed by atoms with Gasteiger partial charge >= 0.3 is 0 Å². The first-order valence-electron chi connectivity index (χ1n) is 7.52. The van der Waals surface area contributed by atoms with Gasteiger partial charge in [0.25, 0.3) is 11.5 Å². The average molecular weight is 346 g/mol. The summed E-state index contributed by atoms with van der Waals surface area (Å²) >= 11 is 6.21. The van der Waals surface area contributed by atoms with E-state index in [4.69, 9.17) is 11.6 Å². The predicted octanol–water partition coefficient (Wildman–Crippen LogP) is 1.65. The minimum absolute atomic E-state index is 0.00681. The molecule has 1 atom stereocenters. The van der Waals surface area contributed by atoms with Crippen LogP contribution in [-0.4, -0.2) is 34.8 Å². The van der Waals surface area contributed by atoms with Crippen molar-refractivity contribution in [2.75, 3.05) is 13.1 Å². The molecule has 1 aliphatic rings. The number of nitrogens with one attached hydrogen (secondary N) is 2. The van der Waals surface area contributed by atoms with E-state index in [1.807, 2.05) is 0 Å². The molecule has 2 heterocycles. The molecule has 6 nitrogen and oxygen atoms in total. The zero-order valence-corrected chi connectivity index (χ0v) is 13.8. The monoisotopic (exact) mass is 345 g/mol. The van der Waals surface area contributed by atoms with Crippen molar-refractivity contribution < 1.29 is 9.59 Å². The molecule has 0 spiro atoms. The number of halogens is 1. The SMILES string of the molecule is Cc1ccc(C(=O)N2CCNC(=O)C2c2ccccc2Cl)c(=O)[nH]1. The van der Waals surface area contributed by atoms with Gasteiger partial charge in [-0.3, -0.25) is 14.4 Å². The Morgan fingerprint density at radius 3 is 2.67 bits per heavy atom. The molecule has 0 radical (unpaired) electrons. The largest absolute Gasteiger partial charge is 0.352 e. The van der Waals surface area contributed by atoms with Crippen LogP contribution < -0.4 is 10.9 Å². The van der Waals surface area contributed by atoms with Crippen LogP contribution in [0.1, 0.15) is 27.7 Å². The van der Waals surface area contributed by atoms with Crippen LogP contribution in [0.2, 0.25) is 5.02 Å². The summed E-state index contributed by atoms with van der Waals surface area (Å²) in [6.45, 7) is 2.36. The minimum atomic E-state index is -0.861. The number of pyridine rings is 1. The third-order valence-corrected chi connectivity index (χ3v) is 4.30. The smallest absolute Gasteiger partial charge is 0.260 e. The first kappa shape index (κ1) is 16.3. The van der Waals surface area contributed by atoms with Gasteiger partial charge < -0.3 is 15.2 Å². The maximum absolute atomic E-state index is 12.9. The summed E-state index contributed by atoms with van der Waals surface area (Å²) in [5.74, 6) is -0.803. The Labute approximate surface area is 143 Å². The third kappa shape index (κ3) is 2.92. The van der Waals surface area contributed by atoms with Crippen molar-refractivity contribution in [1.82, 2.24) is 15.2 Å². The van der Waals surface area contributed by atoms with Gasteiger partial charge in [-0.05, 0) is 25.1 Å². The van der Waals surface area contributed by atoms with Crippen molar-refractivity contribution in [1.29, 1.82) is 0 Å². The van der Waals surface area contributed by atoms with E-state index in [1.54, 1.807) is 37.3 Å². The highest BCUT2D eigenvalue weighted by atomic mass is 35.5. The van der Waals surface area contributed by atoms with Gasteiger partial charge in [0.05, 0.1) is 0 Å². The quantitative estimate of drug-likeness (QED) is 0.868. The molecule has 0 bridgehead atoms. The molecule has 1 unspecified atom stereocenters.